The maximum absolute atomic E-state index is 9.00. The average molecular weight is 206 g/mol. The largest absolute Gasteiger partial charge is 0.380 e. The predicted octanol–water partition coefficient (Wildman–Crippen LogP) is 3.24. The number of rotatable bonds is 2. The van der Waals surface area contributed by atoms with E-state index in [1.54, 1.807) is 11.3 Å². The fraction of sp³-hybridized carbons (Fsp3) is 0.545. The molecule has 0 amide bonds. The van der Waals surface area contributed by atoms with Gasteiger partial charge in [-0.05, 0) is 24.3 Å². The summed E-state index contributed by atoms with van der Waals surface area (Å²) in [5.41, 5.74) is 1.17. The SMILES string of the molecule is N#CC1CCCCC1Nc1ccsc1. The molecule has 1 aliphatic rings. The van der Waals surface area contributed by atoms with E-state index >= 15 is 0 Å². The van der Waals surface area contributed by atoms with Gasteiger partial charge in [-0.15, -0.1) is 0 Å². The molecule has 0 aromatic carbocycles. The lowest BCUT2D eigenvalue weighted by molar-refractivity contribution is 0.389. The van der Waals surface area contributed by atoms with Gasteiger partial charge in [0.25, 0.3) is 0 Å². The van der Waals surface area contributed by atoms with E-state index in [-0.39, 0.29) is 5.92 Å². The molecule has 3 heteroatoms. The number of nitriles is 1. The first-order chi connectivity index (χ1) is 6.90. The van der Waals surface area contributed by atoms with Crippen LogP contribution < -0.4 is 5.32 Å². The normalized spacial score (nSPS) is 26.8. The topological polar surface area (TPSA) is 35.8 Å². The van der Waals surface area contributed by atoms with Crippen molar-refractivity contribution in [3.63, 3.8) is 0 Å². The van der Waals surface area contributed by atoms with E-state index < -0.39 is 0 Å². The van der Waals surface area contributed by atoms with Gasteiger partial charge >= 0.3 is 0 Å². The van der Waals surface area contributed by atoms with Crippen LogP contribution in [0.1, 0.15) is 25.7 Å². The fourth-order valence-corrected chi connectivity index (χ4v) is 2.62. The number of anilines is 1. The van der Waals surface area contributed by atoms with Crippen LogP contribution in [0.4, 0.5) is 5.69 Å². The Morgan fingerprint density at radius 1 is 1.43 bits per heavy atom. The first-order valence-electron chi connectivity index (χ1n) is 5.08. The van der Waals surface area contributed by atoms with Crippen molar-refractivity contribution in [2.24, 2.45) is 5.92 Å². The van der Waals surface area contributed by atoms with Gasteiger partial charge in [0.15, 0.2) is 0 Å². The molecule has 1 aromatic heterocycles. The van der Waals surface area contributed by atoms with Crippen LogP contribution in [0.3, 0.4) is 0 Å². The van der Waals surface area contributed by atoms with Gasteiger partial charge in [-0.3, -0.25) is 0 Å². The lowest BCUT2D eigenvalue weighted by Gasteiger charge is -2.27. The van der Waals surface area contributed by atoms with Gasteiger partial charge < -0.3 is 5.32 Å². The predicted molar refractivity (Wildman–Crippen MR) is 59.3 cm³/mol. The first-order valence-corrected chi connectivity index (χ1v) is 6.03. The first kappa shape index (κ1) is 9.54. The average Bonchev–Trinajstić information content (AvgIpc) is 2.71. The molecule has 1 N–H and O–H groups in total. The van der Waals surface area contributed by atoms with Crippen molar-refractivity contribution in [3.8, 4) is 6.07 Å². The molecule has 0 radical (unpaired) electrons. The molecule has 0 saturated heterocycles. The summed E-state index contributed by atoms with van der Waals surface area (Å²) in [6, 6.07) is 4.85. The Balaban J connectivity index is 1.99. The molecule has 0 bridgehead atoms. The molecular formula is C11H14N2S. The van der Waals surface area contributed by atoms with Crippen molar-refractivity contribution in [2.45, 2.75) is 31.7 Å². The Hall–Kier alpha value is -1.01. The van der Waals surface area contributed by atoms with Crippen LogP contribution in [0, 0.1) is 17.2 Å². The van der Waals surface area contributed by atoms with Gasteiger partial charge in [-0.2, -0.15) is 16.6 Å². The Morgan fingerprint density at radius 2 is 2.29 bits per heavy atom. The minimum Gasteiger partial charge on any atom is -0.380 e. The summed E-state index contributed by atoms with van der Waals surface area (Å²) in [5, 5.41) is 16.6. The lowest BCUT2D eigenvalue weighted by atomic mass is 9.85. The van der Waals surface area contributed by atoms with Crippen molar-refractivity contribution in [2.75, 3.05) is 5.32 Å². The molecule has 0 spiro atoms. The number of thiophene rings is 1. The Kier molecular flexibility index (Phi) is 3.05. The van der Waals surface area contributed by atoms with Crippen LogP contribution in [-0.4, -0.2) is 6.04 Å². The van der Waals surface area contributed by atoms with Gasteiger partial charge in [0.05, 0.1) is 12.0 Å². The van der Waals surface area contributed by atoms with Gasteiger partial charge in [-0.25, -0.2) is 0 Å². The summed E-state index contributed by atoms with van der Waals surface area (Å²) >= 11 is 1.69. The zero-order valence-electron chi connectivity index (χ0n) is 8.07. The van der Waals surface area contributed by atoms with E-state index in [1.807, 2.05) is 0 Å². The second-order valence-electron chi connectivity index (χ2n) is 3.78. The highest BCUT2D eigenvalue weighted by atomic mass is 32.1. The molecule has 2 nitrogen and oxygen atoms in total. The van der Waals surface area contributed by atoms with Crippen LogP contribution in [0.15, 0.2) is 16.8 Å². The summed E-state index contributed by atoms with van der Waals surface area (Å²) in [6.07, 6.45) is 4.65. The van der Waals surface area contributed by atoms with Crippen molar-refractivity contribution in [1.82, 2.24) is 0 Å². The van der Waals surface area contributed by atoms with Crippen LogP contribution in [0.25, 0.3) is 0 Å². The molecule has 14 heavy (non-hydrogen) atoms. The quantitative estimate of drug-likeness (QED) is 0.806. The zero-order valence-corrected chi connectivity index (χ0v) is 8.89. The summed E-state index contributed by atoms with van der Waals surface area (Å²) in [6.45, 7) is 0. The number of nitrogens with one attached hydrogen (secondary N) is 1. The van der Waals surface area contributed by atoms with Crippen LogP contribution in [-0.2, 0) is 0 Å². The van der Waals surface area contributed by atoms with Crippen molar-refractivity contribution in [3.05, 3.63) is 16.8 Å². The van der Waals surface area contributed by atoms with Gasteiger partial charge in [-0.1, -0.05) is 12.8 Å². The van der Waals surface area contributed by atoms with Gasteiger partial charge in [0.1, 0.15) is 0 Å². The zero-order chi connectivity index (χ0) is 9.80. The third-order valence-corrected chi connectivity index (χ3v) is 3.49. The minimum atomic E-state index is 0.198. The van der Waals surface area contributed by atoms with Crippen LogP contribution in [0.5, 0.6) is 0 Å². The summed E-state index contributed by atoms with van der Waals surface area (Å²) < 4.78 is 0. The molecule has 1 heterocycles. The van der Waals surface area contributed by atoms with Crippen molar-refractivity contribution in [1.29, 1.82) is 5.26 Å². The Bertz CT molecular complexity index is 313. The lowest BCUT2D eigenvalue weighted by Crippen LogP contribution is -2.31. The number of nitrogens with zero attached hydrogens (tertiary/aromatic N) is 1. The molecular weight excluding hydrogens is 192 g/mol. The maximum Gasteiger partial charge on any atom is 0.0677 e. The molecule has 74 valence electrons. The van der Waals surface area contributed by atoms with E-state index in [4.69, 9.17) is 5.26 Å². The van der Waals surface area contributed by atoms with Gasteiger partial charge in [0, 0.05) is 17.1 Å². The maximum atomic E-state index is 9.00. The molecule has 2 unspecified atom stereocenters. The van der Waals surface area contributed by atoms with Crippen molar-refractivity contribution >= 4 is 17.0 Å². The van der Waals surface area contributed by atoms with E-state index in [0.717, 1.165) is 12.8 Å². The smallest absolute Gasteiger partial charge is 0.0677 e. The molecule has 2 rings (SSSR count). The number of hydrogen-bond acceptors (Lipinski definition) is 3. The highest BCUT2D eigenvalue weighted by Gasteiger charge is 2.24. The second kappa shape index (κ2) is 4.47. The Morgan fingerprint density at radius 3 is 3.00 bits per heavy atom. The second-order valence-corrected chi connectivity index (χ2v) is 4.56. The van der Waals surface area contributed by atoms with Crippen LogP contribution in [0.2, 0.25) is 0 Å². The molecule has 1 fully saturated rings. The summed E-state index contributed by atoms with van der Waals surface area (Å²) in [5.74, 6) is 0.198. The third kappa shape index (κ3) is 2.08. The third-order valence-electron chi connectivity index (χ3n) is 2.81. The standard InChI is InChI=1S/C11H14N2S/c12-7-9-3-1-2-4-11(9)13-10-5-6-14-8-10/h5-6,8-9,11,13H,1-4H2. The highest BCUT2D eigenvalue weighted by molar-refractivity contribution is 7.08. The van der Waals surface area contributed by atoms with Crippen LogP contribution >= 0.6 is 11.3 Å². The van der Waals surface area contributed by atoms with Gasteiger partial charge in [0.2, 0.25) is 0 Å². The summed E-state index contributed by atoms with van der Waals surface area (Å²) in [4.78, 5) is 0. The Labute approximate surface area is 88.6 Å². The monoisotopic (exact) mass is 206 g/mol. The summed E-state index contributed by atoms with van der Waals surface area (Å²) in [7, 11) is 0. The molecule has 1 aromatic rings. The minimum absolute atomic E-state index is 0.198. The fourth-order valence-electron chi connectivity index (χ4n) is 2.02. The number of hydrogen-bond donors (Lipinski definition) is 1. The van der Waals surface area contributed by atoms with E-state index in [0.29, 0.717) is 6.04 Å². The molecule has 1 saturated carbocycles. The van der Waals surface area contributed by atoms with E-state index in [2.05, 4.69) is 28.2 Å². The van der Waals surface area contributed by atoms with E-state index in [9.17, 15) is 0 Å². The molecule has 1 aliphatic carbocycles. The van der Waals surface area contributed by atoms with Crippen molar-refractivity contribution < 1.29 is 0 Å². The molecule has 0 aliphatic heterocycles. The van der Waals surface area contributed by atoms with E-state index in [1.165, 1.54) is 18.5 Å². The highest BCUT2D eigenvalue weighted by Crippen LogP contribution is 2.27. The molecule has 2 atom stereocenters.